The number of H-pyrrole nitrogens is 2. The molecule has 5 aromatic rings. The molecule has 0 radical (unpaired) electrons. The average molecular weight is 567 g/mol. The molecule has 7 rings (SSSR count). The predicted octanol–water partition coefficient (Wildman–Crippen LogP) is 9.39. The van der Waals surface area contributed by atoms with Gasteiger partial charge in [0.25, 0.3) is 0 Å². The van der Waals surface area contributed by atoms with Crippen LogP contribution in [0.3, 0.4) is 0 Å². The van der Waals surface area contributed by atoms with E-state index in [4.69, 9.17) is 9.97 Å². The van der Waals surface area contributed by atoms with Gasteiger partial charge in [0.1, 0.15) is 11.6 Å². The van der Waals surface area contributed by atoms with Gasteiger partial charge in [0.2, 0.25) is 0 Å². The van der Waals surface area contributed by atoms with Crippen molar-refractivity contribution < 1.29 is 0 Å². The van der Waals surface area contributed by atoms with Gasteiger partial charge in [-0.15, -0.1) is 0 Å². The minimum atomic E-state index is 0.397. The number of aromatic nitrogens is 4. The van der Waals surface area contributed by atoms with E-state index in [9.17, 15) is 0 Å². The van der Waals surface area contributed by atoms with Crippen molar-refractivity contribution in [1.29, 1.82) is 0 Å². The zero-order chi connectivity index (χ0) is 30.2. The number of imidazole rings is 2. The summed E-state index contributed by atoms with van der Waals surface area (Å²) in [5.41, 5.74) is 6.86. The quantitative estimate of drug-likeness (QED) is 0.227. The van der Waals surface area contributed by atoms with Crippen LogP contribution in [-0.2, 0) is 0 Å². The molecule has 0 bridgehead atoms. The van der Waals surface area contributed by atoms with Crippen LogP contribution in [0, 0.1) is 0 Å². The zero-order valence-corrected chi connectivity index (χ0v) is 27.0. The van der Waals surface area contributed by atoms with E-state index in [-0.39, 0.29) is 0 Å². The first-order valence-corrected chi connectivity index (χ1v) is 16.1. The topological polar surface area (TPSA) is 63.8 Å². The summed E-state index contributed by atoms with van der Waals surface area (Å²) < 4.78 is 0. The van der Waals surface area contributed by atoms with Crippen molar-refractivity contribution in [2.75, 3.05) is 27.2 Å². The molecule has 42 heavy (non-hydrogen) atoms. The highest BCUT2D eigenvalue weighted by molar-refractivity contribution is 5.99. The van der Waals surface area contributed by atoms with Crippen molar-refractivity contribution in [1.82, 2.24) is 29.7 Å². The van der Waals surface area contributed by atoms with Gasteiger partial charge < -0.3 is 9.97 Å². The van der Waals surface area contributed by atoms with Crippen LogP contribution >= 0.6 is 0 Å². The highest BCUT2D eigenvalue weighted by atomic mass is 15.2. The monoisotopic (exact) mass is 566 g/mol. The second kappa shape index (κ2) is 14.6. The summed E-state index contributed by atoms with van der Waals surface area (Å²) in [6, 6.07) is 20.7. The van der Waals surface area contributed by atoms with Gasteiger partial charge in [-0.05, 0) is 93.0 Å². The molecule has 6 nitrogen and oxygen atoms in total. The van der Waals surface area contributed by atoms with E-state index in [1.54, 1.807) is 0 Å². The average Bonchev–Trinajstić information content (AvgIpc) is 3.86. The molecule has 4 heterocycles. The first kappa shape index (κ1) is 31.5. The van der Waals surface area contributed by atoms with Crippen molar-refractivity contribution in [3.05, 3.63) is 72.4 Å². The number of fused-ring (bicyclic) bond motifs is 2. The summed E-state index contributed by atoms with van der Waals surface area (Å²) in [4.78, 5) is 21.6. The van der Waals surface area contributed by atoms with Crippen LogP contribution in [-0.4, -0.2) is 56.9 Å². The second-order valence-electron chi connectivity index (χ2n) is 10.6. The van der Waals surface area contributed by atoms with E-state index >= 15 is 0 Å². The fourth-order valence-corrected chi connectivity index (χ4v) is 6.22. The maximum atomic E-state index is 4.91. The number of rotatable bonds is 4. The Hall–Kier alpha value is -3.48. The predicted molar refractivity (Wildman–Crippen MR) is 180 cm³/mol. The van der Waals surface area contributed by atoms with Gasteiger partial charge in [0, 0.05) is 5.56 Å². The molecule has 2 saturated heterocycles. The third-order valence-corrected chi connectivity index (χ3v) is 8.27. The van der Waals surface area contributed by atoms with Crippen LogP contribution in [0.2, 0.25) is 0 Å². The smallest absolute Gasteiger partial charge is 0.124 e. The highest BCUT2D eigenvalue weighted by Gasteiger charge is 2.26. The Labute approximate surface area is 252 Å². The number of hydrogen-bond donors (Lipinski definition) is 2. The Bertz CT molecular complexity index is 1560. The highest BCUT2D eigenvalue weighted by Crippen LogP contribution is 2.35. The van der Waals surface area contributed by atoms with Crippen molar-refractivity contribution >= 4 is 21.8 Å². The summed E-state index contributed by atoms with van der Waals surface area (Å²) in [6.07, 6.45) is 6.80. The lowest BCUT2D eigenvalue weighted by atomic mass is 9.96. The van der Waals surface area contributed by atoms with Crippen LogP contribution in [0.4, 0.5) is 0 Å². The summed E-state index contributed by atoms with van der Waals surface area (Å²) in [5.74, 6) is 2.17. The van der Waals surface area contributed by atoms with Crippen LogP contribution in [0.25, 0.3) is 44.2 Å². The van der Waals surface area contributed by atoms with E-state index < -0.39 is 0 Å². The van der Waals surface area contributed by atoms with Crippen LogP contribution in [0.1, 0.15) is 91.0 Å². The molecule has 0 aliphatic carbocycles. The van der Waals surface area contributed by atoms with Crippen LogP contribution < -0.4 is 0 Å². The molecule has 224 valence electrons. The van der Waals surface area contributed by atoms with Crippen molar-refractivity contribution in [2.45, 2.75) is 79.3 Å². The number of nitrogens with one attached hydrogen (secondary N) is 2. The third kappa shape index (κ3) is 6.30. The minimum Gasteiger partial charge on any atom is -0.341 e. The Balaban J connectivity index is 0.000000637. The maximum absolute atomic E-state index is 4.91. The fraction of sp³-hybridized carbons (Fsp3) is 0.444. The van der Waals surface area contributed by atoms with Crippen molar-refractivity contribution in [2.24, 2.45) is 0 Å². The van der Waals surface area contributed by atoms with Gasteiger partial charge in [-0.25, -0.2) is 9.97 Å². The summed E-state index contributed by atoms with van der Waals surface area (Å²) >= 11 is 0. The molecule has 0 saturated carbocycles. The van der Waals surface area contributed by atoms with E-state index in [0.717, 1.165) is 41.5 Å². The summed E-state index contributed by atoms with van der Waals surface area (Å²) in [5, 5.41) is 2.49. The third-order valence-electron chi connectivity index (χ3n) is 8.27. The first-order chi connectivity index (χ1) is 20.6. The van der Waals surface area contributed by atoms with Crippen LogP contribution in [0.5, 0.6) is 0 Å². The minimum absolute atomic E-state index is 0.397. The molecule has 2 aromatic heterocycles. The van der Waals surface area contributed by atoms with E-state index in [0.29, 0.717) is 12.1 Å². The number of hydrogen-bond acceptors (Lipinski definition) is 4. The second-order valence-corrected chi connectivity index (χ2v) is 10.6. The number of benzene rings is 3. The molecule has 2 N–H and O–H groups in total. The molecule has 2 aliphatic heterocycles. The Morgan fingerprint density at radius 1 is 0.714 bits per heavy atom. The summed E-state index contributed by atoms with van der Waals surface area (Å²) in [7, 11) is 4.38. The maximum Gasteiger partial charge on any atom is 0.124 e. The lowest BCUT2D eigenvalue weighted by Crippen LogP contribution is -2.18. The Morgan fingerprint density at radius 3 is 2.05 bits per heavy atom. The van der Waals surface area contributed by atoms with E-state index in [1.165, 1.54) is 53.1 Å². The molecule has 2 atom stereocenters. The van der Waals surface area contributed by atoms with E-state index in [2.05, 4.69) is 88.5 Å². The van der Waals surface area contributed by atoms with Crippen LogP contribution in [0.15, 0.2) is 60.8 Å². The van der Waals surface area contributed by atoms with Crippen molar-refractivity contribution in [3.63, 3.8) is 0 Å². The van der Waals surface area contributed by atoms with Gasteiger partial charge in [0.05, 0.1) is 35.0 Å². The zero-order valence-electron chi connectivity index (χ0n) is 27.0. The summed E-state index contributed by atoms with van der Waals surface area (Å²) in [6.45, 7) is 14.3. The Morgan fingerprint density at radius 2 is 1.38 bits per heavy atom. The van der Waals surface area contributed by atoms with Gasteiger partial charge in [0.15, 0.2) is 0 Å². The van der Waals surface area contributed by atoms with E-state index in [1.807, 2.05) is 47.7 Å². The van der Waals surface area contributed by atoms with Gasteiger partial charge in [-0.1, -0.05) is 77.9 Å². The number of aromatic amines is 2. The normalized spacial score (nSPS) is 18.7. The molecule has 2 fully saturated rings. The van der Waals surface area contributed by atoms with Crippen molar-refractivity contribution in [3.8, 4) is 22.4 Å². The molecule has 3 aromatic carbocycles. The lowest BCUT2D eigenvalue weighted by Gasteiger charge is -2.16. The number of likely N-dealkylation sites (tertiary alicyclic amines) is 2. The SMILES string of the molecule is CC.CC.CC.CN1CCCC1c1ncc(-c2ccc3c(-c4ccc5nc(C6CCCN6C)[nH]c5c4)cccc3c2)[nH]1. The molecule has 0 spiro atoms. The van der Waals surface area contributed by atoms with Gasteiger partial charge in [-0.3, -0.25) is 9.80 Å². The molecular weight excluding hydrogens is 516 g/mol. The molecule has 2 aliphatic rings. The first-order valence-electron chi connectivity index (χ1n) is 16.1. The van der Waals surface area contributed by atoms with Gasteiger partial charge in [-0.2, -0.15) is 0 Å². The molecule has 0 amide bonds. The lowest BCUT2D eigenvalue weighted by molar-refractivity contribution is 0.307. The number of nitrogens with zero attached hydrogens (tertiary/aromatic N) is 4. The van der Waals surface area contributed by atoms with Gasteiger partial charge >= 0.3 is 0 Å². The standard InChI is InChI=1S/C30H32N6.3C2H6/c1-35-14-4-8-27(35)29-31-18-26(34-29)21-10-12-23-19(16-21)6-3-7-22(23)20-11-13-24-25(17-20)33-30(32-24)28-9-5-15-36(28)2;3*1-2/h3,6-7,10-13,16-18,27-28H,4-5,8-9,14-15H2,1-2H3,(H,31,34)(H,32,33);3*1-2H3. The largest absolute Gasteiger partial charge is 0.341 e. The Kier molecular flexibility index (Phi) is 10.9. The molecule has 2 unspecified atom stereocenters. The molecule has 6 heteroatoms. The molecular formula is C36H50N6. The fourth-order valence-electron chi connectivity index (χ4n) is 6.22.